The minimum Gasteiger partial charge on any atom is -0.359 e. The molecule has 0 aromatic carbocycles. The third-order valence-corrected chi connectivity index (χ3v) is 4.57. The van der Waals surface area contributed by atoms with Gasteiger partial charge < -0.3 is 10.2 Å². The Kier molecular flexibility index (Phi) is 6.31. The van der Waals surface area contributed by atoms with Crippen molar-refractivity contribution in [3.05, 3.63) is 54.0 Å². The van der Waals surface area contributed by atoms with Crippen LogP contribution in [0.3, 0.4) is 0 Å². The van der Waals surface area contributed by atoms with E-state index < -0.39 is 0 Å². The van der Waals surface area contributed by atoms with Crippen LogP contribution in [0.1, 0.15) is 24.1 Å². The summed E-state index contributed by atoms with van der Waals surface area (Å²) in [6.45, 7) is 1.10. The van der Waals surface area contributed by atoms with Crippen LogP contribution in [0, 0.1) is 0 Å². The molecule has 3 heterocycles. The number of aromatic nitrogens is 2. The Morgan fingerprint density at radius 1 is 1.18 bits per heavy atom. The molecule has 0 fully saturated rings. The van der Waals surface area contributed by atoms with E-state index in [1.54, 1.807) is 19.4 Å². The molecule has 0 atom stereocenters. The van der Waals surface area contributed by atoms with E-state index in [-0.39, 0.29) is 11.8 Å². The number of hydrogen-bond donors (Lipinski definition) is 1. The molecule has 0 saturated heterocycles. The first-order valence-corrected chi connectivity index (χ1v) is 9.22. The molecule has 8 nitrogen and oxygen atoms in total. The minimum atomic E-state index is -0.259. The quantitative estimate of drug-likeness (QED) is 0.784. The highest BCUT2D eigenvalue weighted by Gasteiger charge is 2.22. The molecule has 0 spiro atoms. The molecule has 3 rings (SSSR count). The zero-order valence-corrected chi connectivity index (χ0v) is 16.1. The lowest BCUT2D eigenvalue weighted by Gasteiger charge is -2.22. The molecule has 0 aliphatic carbocycles. The number of anilines is 1. The van der Waals surface area contributed by atoms with Crippen molar-refractivity contribution in [3.8, 4) is 0 Å². The molecule has 28 heavy (non-hydrogen) atoms. The predicted molar refractivity (Wildman–Crippen MR) is 107 cm³/mol. The topological polar surface area (TPSA) is 90.8 Å². The molecule has 0 unspecified atom stereocenters. The zero-order valence-electron chi connectivity index (χ0n) is 16.1. The van der Waals surface area contributed by atoms with Crippen molar-refractivity contribution >= 4 is 23.3 Å². The van der Waals surface area contributed by atoms with Crippen molar-refractivity contribution in [1.29, 1.82) is 0 Å². The van der Waals surface area contributed by atoms with Crippen LogP contribution in [0.25, 0.3) is 0 Å². The Hall–Kier alpha value is -3.29. The van der Waals surface area contributed by atoms with E-state index >= 15 is 0 Å². The van der Waals surface area contributed by atoms with Gasteiger partial charge in [-0.25, -0.2) is 9.99 Å². The first kappa shape index (κ1) is 19.5. The maximum Gasteiger partial charge on any atom is 0.267 e. The molecule has 1 N–H and O–H groups in total. The average Bonchev–Trinajstić information content (AvgIpc) is 2.73. The number of carbonyl (C=O) groups excluding carboxylic acids is 2. The highest BCUT2D eigenvalue weighted by Crippen LogP contribution is 2.16. The van der Waals surface area contributed by atoms with Gasteiger partial charge in [0.1, 0.15) is 11.5 Å². The standard InChI is InChI=1S/C20H24N6O2/c1-25(13-10-16-7-3-4-11-21-16)19-15(6-5-12-22-19)14-23-20(28)17-8-9-18(27)26(2)24-17/h3-7,11-12H,8-10,13-14H2,1-2H3,(H,23,28). The van der Waals surface area contributed by atoms with Gasteiger partial charge >= 0.3 is 0 Å². The number of pyridine rings is 2. The van der Waals surface area contributed by atoms with Crippen molar-refractivity contribution in [2.45, 2.75) is 25.8 Å². The van der Waals surface area contributed by atoms with Gasteiger partial charge in [0, 0.05) is 70.1 Å². The van der Waals surface area contributed by atoms with E-state index in [1.165, 1.54) is 5.01 Å². The smallest absolute Gasteiger partial charge is 0.267 e. The molecule has 0 saturated carbocycles. The van der Waals surface area contributed by atoms with Crippen molar-refractivity contribution in [1.82, 2.24) is 20.3 Å². The summed E-state index contributed by atoms with van der Waals surface area (Å²) in [6, 6.07) is 9.67. The summed E-state index contributed by atoms with van der Waals surface area (Å²) in [6.07, 6.45) is 4.99. The Morgan fingerprint density at radius 3 is 2.75 bits per heavy atom. The predicted octanol–water partition coefficient (Wildman–Crippen LogP) is 1.38. The van der Waals surface area contributed by atoms with Gasteiger partial charge in [0.15, 0.2) is 0 Å². The number of carbonyl (C=O) groups is 2. The lowest BCUT2D eigenvalue weighted by atomic mass is 10.1. The Balaban J connectivity index is 1.61. The van der Waals surface area contributed by atoms with Gasteiger partial charge in [-0.1, -0.05) is 12.1 Å². The molecular weight excluding hydrogens is 356 g/mol. The van der Waals surface area contributed by atoms with Crippen molar-refractivity contribution < 1.29 is 9.59 Å². The molecule has 8 heteroatoms. The second-order valence-corrected chi connectivity index (χ2v) is 6.63. The van der Waals surface area contributed by atoms with Crippen LogP contribution in [0.15, 0.2) is 47.8 Å². The summed E-state index contributed by atoms with van der Waals surface area (Å²) in [5, 5.41) is 8.16. The molecule has 2 amide bonds. The van der Waals surface area contributed by atoms with Crippen LogP contribution >= 0.6 is 0 Å². The van der Waals surface area contributed by atoms with Crippen molar-refractivity contribution in [3.63, 3.8) is 0 Å². The van der Waals surface area contributed by atoms with Crippen molar-refractivity contribution in [2.75, 3.05) is 25.5 Å². The summed E-state index contributed by atoms with van der Waals surface area (Å²) in [7, 11) is 3.53. The van der Waals surface area contributed by atoms with Crippen LogP contribution in [0.2, 0.25) is 0 Å². The Bertz CT molecular complexity index is 868. The van der Waals surface area contributed by atoms with Crippen LogP contribution in [0.5, 0.6) is 0 Å². The molecule has 0 radical (unpaired) electrons. The third kappa shape index (κ3) is 4.91. The minimum absolute atomic E-state index is 0.0828. The van der Waals surface area contributed by atoms with E-state index in [0.29, 0.717) is 25.1 Å². The fourth-order valence-corrected chi connectivity index (χ4v) is 2.96. The molecule has 0 bridgehead atoms. The molecule has 1 aliphatic heterocycles. The lowest BCUT2D eigenvalue weighted by molar-refractivity contribution is -0.130. The number of amides is 2. The molecule has 2 aromatic heterocycles. The number of hydrogen-bond acceptors (Lipinski definition) is 6. The molecule has 1 aliphatic rings. The summed E-state index contributed by atoms with van der Waals surface area (Å²) >= 11 is 0. The number of rotatable bonds is 7. The normalized spacial score (nSPS) is 13.9. The number of nitrogens with zero attached hydrogens (tertiary/aromatic N) is 5. The average molecular weight is 380 g/mol. The summed E-state index contributed by atoms with van der Waals surface area (Å²) in [4.78, 5) is 34.8. The Labute approximate surface area is 164 Å². The fraction of sp³-hybridized carbons (Fsp3) is 0.350. The Morgan fingerprint density at radius 2 is 2.00 bits per heavy atom. The van der Waals surface area contributed by atoms with Gasteiger partial charge in [0.05, 0.1) is 0 Å². The third-order valence-electron chi connectivity index (χ3n) is 4.57. The highest BCUT2D eigenvalue weighted by molar-refractivity contribution is 6.39. The maximum absolute atomic E-state index is 12.4. The van der Waals surface area contributed by atoms with Crippen LogP contribution in [0.4, 0.5) is 5.82 Å². The van der Waals surface area contributed by atoms with Gasteiger partial charge in [-0.05, 0) is 18.2 Å². The molecule has 2 aromatic rings. The molecular formula is C20H24N6O2. The largest absolute Gasteiger partial charge is 0.359 e. The van der Waals surface area contributed by atoms with Gasteiger partial charge in [0.2, 0.25) is 5.91 Å². The maximum atomic E-state index is 12.4. The van der Waals surface area contributed by atoms with Crippen molar-refractivity contribution in [2.24, 2.45) is 5.10 Å². The molecule has 146 valence electrons. The number of likely N-dealkylation sites (N-methyl/N-ethyl adjacent to an activating group) is 1. The summed E-state index contributed by atoms with van der Waals surface area (Å²) in [5.41, 5.74) is 2.31. The summed E-state index contributed by atoms with van der Waals surface area (Å²) in [5.74, 6) is 0.475. The van der Waals surface area contributed by atoms with Gasteiger partial charge in [0.25, 0.3) is 5.91 Å². The monoisotopic (exact) mass is 380 g/mol. The fourth-order valence-electron chi connectivity index (χ4n) is 2.96. The van der Waals surface area contributed by atoms with Gasteiger partial charge in [-0.15, -0.1) is 0 Å². The number of nitrogens with one attached hydrogen (secondary N) is 1. The van der Waals surface area contributed by atoms with Gasteiger partial charge in [-0.3, -0.25) is 14.6 Å². The first-order valence-electron chi connectivity index (χ1n) is 9.22. The van der Waals surface area contributed by atoms with Crippen LogP contribution < -0.4 is 10.2 Å². The number of hydrazone groups is 1. The van der Waals surface area contributed by atoms with Crippen LogP contribution in [-0.4, -0.2) is 53.1 Å². The van der Waals surface area contributed by atoms with E-state index in [1.807, 2.05) is 37.4 Å². The first-order chi connectivity index (χ1) is 13.5. The van der Waals surface area contributed by atoms with Crippen LogP contribution in [-0.2, 0) is 22.6 Å². The van der Waals surface area contributed by atoms with E-state index in [9.17, 15) is 9.59 Å². The SMILES string of the molecule is CN1N=C(C(=O)NCc2cccnc2N(C)CCc2ccccn2)CCC1=O. The lowest BCUT2D eigenvalue weighted by Crippen LogP contribution is -2.37. The zero-order chi connectivity index (χ0) is 19.9. The highest BCUT2D eigenvalue weighted by atomic mass is 16.2. The second-order valence-electron chi connectivity index (χ2n) is 6.63. The van der Waals surface area contributed by atoms with E-state index in [0.717, 1.165) is 30.0 Å². The second kappa shape index (κ2) is 9.07. The summed E-state index contributed by atoms with van der Waals surface area (Å²) < 4.78 is 0. The van der Waals surface area contributed by atoms with E-state index in [2.05, 4.69) is 25.3 Å². The van der Waals surface area contributed by atoms with E-state index in [4.69, 9.17) is 0 Å². The van der Waals surface area contributed by atoms with Gasteiger partial charge in [-0.2, -0.15) is 5.10 Å².